The molecule has 0 bridgehead atoms. The Morgan fingerprint density at radius 1 is 1.46 bits per heavy atom. The maximum atomic E-state index is 8.89. The highest BCUT2D eigenvalue weighted by Gasteiger charge is 2.23. The third-order valence-corrected chi connectivity index (χ3v) is 2.91. The van der Waals surface area contributed by atoms with E-state index in [-0.39, 0.29) is 6.61 Å². The molecule has 0 saturated carbocycles. The number of aliphatic hydroxyl groups is 1. The lowest BCUT2D eigenvalue weighted by Crippen LogP contribution is -2.30. The third-order valence-electron chi connectivity index (χ3n) is 2.91. The van der Waals surface area contributed by atoms with Crippen molar-refractivity contribution in [2.24, 2.45) is 0 Å². The second-order valence-electron chi connectivity index (χ2n) is 3.78. The van der Waals surface area contributed by atoms with Gasteiger partial charge < -0.3 is 10.0 Å². The Hall–Kier alpha value is -0.760. The van der Waals surface area contributed by atoms with Crippen LogP contribution < -0.4 is 0 Å². The number of rotatable bonds is 2. The van der Waals surface area contributed by atoms with Crippen molar-refractivity contribution in [3.05, 3.63) is 23.9 Å². The van der Waals surface area contributed by atoms with E-state index in [0.717, 1.165) is 6.54 Å². The van der Waals surface area contributed by atoms with Crippen LogP contribution >= 0.6 is 0 Å². The van der Waals surface area contributed by atoms with Gasteiger partial charge in [-0.3, -0.25) is 0 Å². The van der Waals surface area contributed by atoms with Gasteiger partial charge in [-0.2, -0.15) is 0 Å². The minimum absolute atomic E-state index is 0.258. The summed E-state index contributed by atoms with van der Waals surface area (Å²) in [5, 5.41) is 8.89. The van der Waals surface area contributed by atoms with E-state index < -0.39 is 0 Å². The molecule has 1 atom stereocenters. The first-order valence-corrected chi connectivity index (χ1v) is 5.16. The molecule has 1 heterocycles. The van der Waals surface area contributed by atoms with Gasteiger partial charge in [0.15, 0.2) is 0 Å². The van der Waals surface area contributed by atoms with Gasteiger partial charge in [0, 0.05) is 12.7 Å². The molecule has 0 saturated heterocycles. The highest BCUT2D eigenvalue weighted by molar-refractivity contribution is 5.31. The van der Waals surface area contributed by atoms with Crippen LogP contribution in [0.3, 0.4) is 0 Å². The maximum absolute atomic E-state index is 8.89. The molecular weight excluding hydrogens is 162 g/mol. The summed E-state index contributed by atoms with van der Waals surface area (Å²) < 4.78 is 0. The first-order valence-electron chi connectivity index (χ1n) is 5.16. The first kappa shape index (κ1) is 8.82. The van der Waals surface area contributed by atoms with Crippen molar-refractivity contribution in [1.29, 1.82) is 0 Å². The van der Waals surface area contributed by atoms with Crippen LogP contribution in [0.1, 0.15) is 25.7 Å². The topological polar surface area (TPSA) is 23.5 Å². The molecule has 0 spiro atoms. The molecule has 0 amide bonds. The van der Waals surface area contributed by atoms with E-state index in [0.29, 0.717) is 6.04 Å². The Bertz CT molecular complexity index is 232. The monoisotopic (exact) mass is 179 g/mol. The normalized spacial score (nSPS) is 27.0. The Kier molecular flexibility index (Phi) is 2.69. The van der Waals surface area contributed by atoms with Gasteiger partial charge >= 0.3 is 0 Å². The zero-order valence-corrected chi connectivity index (χ0v) is 7.95. The number of allylic oxidation sites excluding steroid dienone is 1. The van der Waals surface area contributed by atoms with Gasteiger partial charge in [-0.05, 0) is 30.9 Å². The molecule has 2 heteroatoms. The summed E-state index contributed by atoms with van der Waals surface area (Å²) in [6, 6.07) is 0.564. The minimum Gasteiger partial charge on any atom is -0.395 e. The van der Waals surface area contributed by atoms with E-state index >= 15 is 0 Å². The molecule has 0 radical (unpaired) electrons. The van der Waals surface area contributed by atoms with Crippen LogP contribution in [-0.4, -0.2) is 29.2 Å². The SMILES string of the molecule is OCCN1C=CC2=CCCCC[C@@H]21. The Labute approximate surface area is 79.6 Å². The number of hydrogen-bond acceptors (Lipinski definition) is 2. The molecule has 0 aromatic heterocycles. The highest BCUT2D eigenvalue weighted by Crippen LogP contribution is 2.28. The molecule has 2 rings (SSSR count). The predicted molar refractivity (Wildman–Crippen MR) is 53.3 cm³/mol. The summed E-state index contributed by atoms with van der Waals surface area (Å²) in [5.74, 6) is 0. The van der Waals surface area contributed by atoms with Crippen molar-refractivity contribution in [3.63, 3.8) is 0 Å². The third kappa shape index (κ3) is 1.78. The zero-order chi connectivity index (χ0) is 9.10. The highest BCUT2D eigenvalue weighted by atomic mass is 16.3. The molecule has 0 aromatic carbocycles. The zero-order valence-electron chi connectivity index (χ0n) is 7.95. The first-order chi connectivity index (χ1) is 6.42. The molecule has 2 nitrogen and oxygen atoms in total. The lowest BCUT2D eigenvalue weighted by atomic mass is 10.1. The predicted octanol–water partition coefficient (Wildman–Crippen LogP) is 1.68. The number of aliphatic hydroxyl groups excluding tert-OH is 1. The van der Waals surface area contributed by atoms with E-state index in [4.69, 9.17) is 5.11 Å². The second-order valence-corrected chi connectivity index (χ2v) is 3.78. The van der Waals surface area contributed by atoms with Crippen LogP contribution in [0.2, 0.25) is 0 Å². The van der Waals surface area contributed by atoms with Crippen molar-refractivity contribution in [2.75, 3.05) is 13.2 Å². The fraction of sp³-hybridized carbons (Fsp3) is 0.636. The molecule has 1 aliphatic carbocycles. The van der Waals surface area contributed by atoms with Crippen molar-refractivity contribution < 1.29 is 5.11 Å². The van der Waals surface area contributed by atoms with Gasteiger partial charge in [0.05, 0.1) is 12.6 Å². The van der Waals surface area contributed by atoms with Gasteiger partial charge in [-0.15, -0.1) is 0 Å². The van der Waals surface area contributed by atoms with Gasteiger partial charge in [-0.1, -0.05) is 12.5 Å². The number of fused-ring (bicyclic) bond motifs is 1. The van der Waals surface area contributed by atoms with Gasteiger partial charge in [0.2, 0.25) is 0 Å². The molecule has 13 heavy (non-hydrogen) atoms. The van der Waals surface area contributed by atoms with E-state index in [1.54, 1.807) is 0 Å². The van der Waals surface area contributed by atoms with E-state index in [1.807, 2.05) is 0 Å². The average molecular weight is 179 g/mol. The fourth-order valence-electron chi connectivity index (χ4n) is 2.22. The second kappa shape index (κ2) is 3.97. The van der Waals surface area contributed by atoms with Crippen LogP contribution in [0, 0.1) is 0 Å². The molecule has 2 aliphatic rings. The summed E-state index contributed by atoms with van der Waals surface area (Å²) in [6.45, 7) is 1.03. The van der Waals surface area contributed by atoms with E-state index in [1.165, 1.54) is 31.3 Å². The van der Waals surface area contributed by atoms with Crippen LogP contribution in [0.15, 0.2) is 23.9 Å². The Morgan fingerprint density at radius 2 is 2.38 bits per heavy atom. The van der Waals surface area contributed by atoms with Gasteiger partial charge in [-0.25, -0.2) is 0 Å². The van der Waals surface area contributed by atoms with Crippen molar-refractivity contribution >= 4 is 0 Å². The lowest BCUT2D eigenvalue weighted by Gasteiger charge is -2.24. The Balaban J connectivity index is 2.07. The average Bonchev–Trinajstić information content (AvgIpc) is 2.38. The molecule has 0 aromatic rings. The molecule has 0 fully saturated rings. The summed E-state index contributed by atoms with van der Waals surface area (Å²) in [7, 11) is 0. The van der Waals surface area contributed by atoms with Gasteiger partial charge in [0.1, 0.15) is 0 Å². The van der Waals surface area contributed by atoms with Crippen LogP contribution in [0.4, 0.5) is 0 Å². The number of β-amino-alcohol motifs (C(OH)–C–C–N with tert-alkyl or cyclic N) is 1. The largest absolute Gasteiger partial charge is 0.395 e. The summed E-state index contributed by atoms with van der Waals surface area (Å²) >= 11 is 0. The van der Waals surface area contributed by atoms with E-state index in [2.05, 4.69) is 23.3 Å². The fourth-order valence-corrected chi connectivity index (χ4v) is 2.22. The number of nitrogens with zero attached hydrogens (tertiary/aromatic N) is 1. The summed E-state index contributed by atoms with van der Waals surface area (Å²) in [4.78, 5) is 2.26. The van der Waals surface area contributed by atoms with E-state index in [9.17, 15) is 0 Å². The van der Waals surface area contributed by atoms with Crippen molar-refractivity contribution in [2.45, 2.75) is 31.7 Å². The molecule has 1 N–H and O–H groups in total. The molecule has 0 unspecified atom stereocenters. The van der Waals surface area contributed by atoms with Crippen LogP contribution in [0.5, 0.6) is 0 Å². The standard InChI is InChI=1S/C11H17NO/c13-9-8-12-7-6-10-4-2-1-3-5-11(10)12/h4,6-7,11,13H,1-3,5,8-9H2/t11-/m0/s1. The van der Waals surface area contributed by atoms with Crippen molar-refractivity contribution in [1.82, 2.24) is 4.90 Å². The minimum atomic E-state index is 0.258. The van der Waals surface area contributed by atoms with Crippen LogP contribution in [0.25, 0.3) is 0 Å². The summed E-state index contributed by atoms with van der Waals surface area (Å²) in [5.41, 5.74) is 1.46. The lowest BCUT2D eigenvalue weighted by molar-refractivity contribution is 0.216. The van der Waals surface area contributed by atoms with Crippen molar-refractivity contribution in [3.8, 4) is 0 Å². The molecular formula is C11H17NO. The Morgan fingerprint density at radius 3 is 3.23 bits per heavy atom. The number of hydrogen-bond donors (Lipinski definition) is 1. The maximum Gasteiger partial charge on any atom is 0.0606 e. The smallest absolute Gasteiger partial charge is 0.0606 e. The quantitative estimate of drug-likeness (QED) is 0.697. The van der Waals surface area contributed by atoms with Crippen LogP contribution in [-0.2, 0) is 0 Å². The molecule has 1 aliphatic heterocycles. The summed E-state index contributed by atoms with van der Waals surface area (Å²) in [6.07, 6.45) is 11.8. The molecule has 72 valence electrons. The van der Waals surface area contributed by atoms with Gasteiger partial charge in [0.25, 0.3) is 0 Å².